The van der Waals surface area contributed by atoms with Gasteiger partial charge >= 0.3 is 0 Å². The molecule has 4 rings (SSSR count). The highest BCUT2D eigenvalue weighted by molar-refractivity contribution is 5.80. The highest BCUT2D eigenvalue weighted by atomic mass is 16.5. The van der Waals surface area contributed by atoms with Crippen molar-refractivity contribution in [3.63, 3.8) is 0 Å². The molecule has 0 bridgehead atoms. The molecule has 1 aliphatic heterocycles. The third-order valence-electron chi connectivity index (χ3n) is 5.31. The van der Waals surface area contributed by atoms with Crippen LogP contribution in [0.4, 0.5) is 5.69 Å². The Morgan fingerprint density at radius 2 is 1.70 bits per heavy atom. The predicted octanol–water partition coefficient (Wildman–Crippen LogP) is 3.39. The minimum atomic E-state index is 0.229. The Labute approximate surface area is 159 Å². The van der Waals surface area contributed by atoms with E-state index in [0.717, 1.165) is 44.2 Å². The average molecular weight is 363 g/mol. The first-order valence-corrected chi connectivity index (χ1v) is 9.46. The van der Waals surface area contributed by atoms with Crippen molar-refractivity contribution in [1.29, 1.82) is 0 Å². The number of carbonyl (C=O) groups excluding carboxylic acids is 1. The molecule has 0 aliphatic carbocycles. The van der Waals surface area contributed by atoms with Crippen LogP contribution in [-0.2, 0) is 11.3 Å². The van der Waals surface area contributed by atoms with E-state index in [1.165, 1.54) is 10.9 Å². The SMILES string of the molecule is COc1ccccc1N1CCN(C(=O)CCn2ccc3ccccc32)CC1. The number of aryl methyl sites for hydroxylation is 1. The van der Waals surface area contributed by atoms with Crippen molar-refractivity contribution < 1.29 is 9.53 Å². The van der Waals surface area contributed by atoms with Gasteiger partial charge in [0, 0.05) is 50.9 Å². The molecule has 2 heterocycles. The van der Waals surface area contributed by atoms with Gasteiger partial charge < -0.3 is 19.1 Å². The summed E-state index contributed by atoms with van der Waals surface area (Å²) < 4.78 is 7.63. The minimum Gasteiger partial charge on any atom is -0.495 e. The van der Waals surface area contributed by atoms with Crippen LogP contribution < -0.4 is 9.64 Å². The molecule has 0 radical (unpaired) electrons. The summed E-state index contributed by atoms with van der Waals surface area (Å²) in [5.41, 5.74) is 2.29. The smallest absolute Gasteiger partial charge is 0.224 e. The number of amides is 1. The fourth-order valence-electron chi connectivity index (χ4n) is 3.80. The lowest BCUT2D eigenvalue weighted by Gasteiger charge is -2.36. The summed E-state index contributed by atoms with van der Waals surface area (Å²) in [6.45, 7) is 3.89. The van der Waals surface area contributed by atoms with Gasteiger partial charge in [-0.15, -0.1) is 0 Å². The largest absolute Gasteiger partial charge is 0.495 e. The number of methoxy groups -OCH3 is 1. The number of anilines is 1. The molecule has 1 fully saturated rings. The van der Waals surface area contributed by atoms with Gasteiger partial charge in [0.2, 0.25) is 5.91 Å². The highest BCUT2D eigenvalue weighted by Gasteiger charge is 2.22. The van der Waals surface area contributed by atoms with E-state index in [4.69, 9.17) is 4.74 Å². The van der Waals surface area contributed by atoms with Gasteiger partial charge in [0.25, 0.3) is 0 Å². The lowest BCUT2D eigenvalue weighted by atomic mass is 10.2. The van der Waals surface area contributed by atoms with Gasteiger partial charge in [0.05, 0.1) is 12.8 Å². The zero-order valence-corrected chi connectivity index (χ0v) is 15.7. The van der Waals surface area contributed by atoms with Gasteiger partial charge in [-0.05, 0) is 29.7 Å². The lowest BCUT2D eigenvalue weighted by molar-refractivity contribution is -0.131. The summed E-state index contributed by atoms with van der Waals surface area (Å²) in [7, 11) is 1.70. The summed E-state index contributed by atoms with van der Waals surface area (Å²) in [6, 6.07) is 18.4. The van der Waals surface area contributed by atoms with E-state index in [-0.39, 0.29) is 5.91 Å². The van der Waals surface area contributed by atoms with Gasteiger partial charge in [-0.25, -0.2) is 0 Å². The maximum absolute atomic E-state index is 12.7. The number of hydrogen-bond acceptors (Lipinski definition) is 3. The fraction of sp³-hybridized carbons (Fsp3) is 0.318. The van der Waals surface area contributed by atoms with Crippen molar-refractivity contribution in [2.75, 3.05) is 38.2 Å². The summed E-state index contributed by atoms with van der Waals surface area (Å²) >= 11 is 0. The molecule has 5 nitrogen and oxygen atoms in total. The summed E-state index contributed by atoms with van der Waals surface area (Å²) in [5.74, 6) is 1.12. The van der Waals surface area contributed by atoms with Crippen molar-refractivity contribution in [2.24, 2.45) is 0 Å². The number of ether oxygens (including phenoxy) is 1. The van der Waals surface area contributed by atoms with E-state index in [9.17, 15) is 4.79 Å². The van der Waals surface area contributed by atoms with Crippen molar-refractivity contribution in [1.82, 2.24) is 9.47 Å². The number of rotatable bonds is 5. The van der Waals surface area contributed by atoms with Crippen molar-refractivity contribution in [3.8, 4) is 5.75 Å². The summed E-state index contributed by atoms with van der Waals surface area (Å²) in [4.78, 5) is 16.9. The Hall–Kier alpha value is -2.95. The van der Waals surface area contributed by atoms with Crippen LogP contribution >= 0.6 is 0 Å². The second-order valence-electron chi connectivity index (χ2n) is 6.86. The molecule has 1 saturated heterocycles. The number of piperazine rings is 1. The molecule has 1 aromatic heterocycles. The van der Waals surface area contributed by atoms with Crippen LogP contribution in [0.2, 0.25) is 0 Å². The van der Waals surface area contributed by atoms with Crippen LogP contribution in [-0.4, -0.2) is 48.7 Å². The first-order chi connectivity index (χ1) is 13.3. The molecule has 2 aromatic carbocycles. The van der Waals surface area contributed by atoms with Crippen LogP contribution in [0.1, 0.15) is 6.42 Å². The zero-order chi connectivity index (χ0) is 18.6. The highest BCUT2D eigenvalue weighted by Crippen LogP contribution is 2.28. The van der Waals surface area contributed by atoms with Gasteiger partial charge in [-0.3, -0.25) is 4.79 Å². The van der Waals surface area contributed by atoms with Gasteiger partial charge in [0.15, 0.2) is 0 Å². The summed E-state index contributed by atoms with van der Waals surface area (Å²) in [6.07, 6.45) is 2.60. The molecular weight excluding hydrogens is 338 g/mol. The number of carbonyl (C=O) groups is 1. The van der Waals surface area contributed by atoms with Crippen LogP contribution in [0.5, 0.6) is 5.75 Å². The number of fused-ring (bicyclic) bond motifs is 1. The number of benzene rings is 2. The van der Waals surface area contributed by atoms with Gasteiger partial charge in [-0.1, -0.05) is 30.3 Å². The summed E-state index contributed by atoms with van der Waals surface area (Å²) in [5, 5.41) is 1.22. The van der Waals surface area contributed by atoms with Crippen molar-refractivity contribution in [3.05, 3.63) is 60.8 Å². The van der Waals surface area contributed by atoms with Crippen LogP contribution in [0.3, 0.4) is 0 Å². The molecule has 0 N–H and O–H groups in total. The Kier molecular flexibility index (Phi) is 5.01. The fourth-order valence-corrected chi connectivity index (χ4v) is 3.80. The molecule has 0 spiro atoms. The molecule has 0 unspecified atom stereocenters. The topological polar surface area (TPSA) is 37.7 Å². The minimum absolute atomic E-state index is 0.229. The van der Waals surface area contributed by atoms with E-state index in [0.29, 0.717) is 6.42 Å². The number of para-hydroxylation sites is 3. The van der Waals surface area contributed by atoms with E-state index in [1.54, 1.807) is 7.11 Å². The van der Waals surface area contributed by atoms with E-state index in [1.807, 2.05) is 35.2 Å². The molecule has 0 saturated carbocycles. The van der Waals surface area contributed by atoms with E-state index >= 15 is 0 Å². The molecule has 3 aromatic rings. The Morgan fingerprint density at radius 1 is 0.963 bits per heavy atom. The predicted molar refractivity (Wildman–Crippen MR) is 108 cm³/mol. The molecule has 140 valence electrons. The van der Waals surface area contributed by atoms with E-state index < -0.39 is 0 Å². The van der Waals surface area contributed by atoms with E-state index in [2.05, 4.69) is 39.9 Å². The molecule has 0 atom stereocenters. The van der Waals surface area contributed by atoms with Gasteiger partial charge in [0.1, 0.15) is 5.75 Å². The number of hydrogen-bond donors (Lipinski definition) is 0. The number of nitrogens with zero attached hydrogens (tertiary/aromatic N) is 3. The molecule has 27 heavy (non-hydrogen) atoms. The standard InChI is InChI=1S/C22H25N3O2/c1-27-21-9-5-4-8-20(21)24-14-16-25(17-15-24)22(26)11-13-23-12-10-18-6-2-3-7-19(18)23/h2-10,12H,11,13-17H2,1H3. The van der Waals surface area contributed by atoms with Crippen LogP contribution in [0.15, 0.2) is 60.8 Å². The Bertz CT molecular complexity index is 926. The third kappa shape index (κ3) is 3.63. The quantitative estimate of drug-likeness (QED) is 0.697. The van der Waals surface area contributed by atoms with Crippen molar-refractivity contribution >= 4 is 22.5 Å². The number of aromatic nitrogens is 1. The normalized spacial score (nSPS) is 14.6. The molecule has 5 heteroatoms. The molecular formula is C22H25N3O2. The zero-order valence-electron chi connectivity index (χ0n) is 15.7. The molecule has 1 aliphatic rings. The van der Waals surface area contributed by atoms with Crippen LogP contribution in [0.25, 0.3) is 10.9 Å². The Balaban J connectivity index is 1.33. The first-order valence-electron chi connectivity index (χ1n) is 9.46. The van der Waals surface area contributed by atoms with Crippen molar-refractivity contribution in [2.45, 2.75) is 13.0 Å². The first kappa shape index (κ1) is 17.5. The van der Waals surface area contributed by atoms with Crippen LogP contribution in [0, 0.1) is 0 Å². The average Bonchev–Trinajstić information content (AvgIpc) is 3.15. The second kappa shape index (κ2) is 7.74. The van der Waals surface area contributed by atoms with Gasteiger partial charge in [-0.2, -0.15) is 0 Å². The third-order valence-corrected chi connectivity index (χ3v) is 5.31. The lowest BCUT2D eigenvalue weighted by Crippen LogP contribution is -2.49. The molecule has 1 amide bonds. The monoisotopic (exact) mass is 363 g/mol. The maximum atomic E-state index is 12.7. The Morgan fingerprint density at radius 3 is 2.52 bits per heavy atom. The maximum Gasteiger partial charge on any atom is 0.224 e. The second-order valence-corrected chi connectivity index (χ2v) is 6.86.